The summed E-state index contributed by atoms with van der Waals surface area (Å²) in [6.45, 7) is 2.89. The van der Waals surface area contributed by atoms with Crippen molar-refractivity contribution in [2.24, 2.45) is 0 Å². The molecule has 0 unspecified atom stereocenters. The molecule has 1 aromatic heterocycles. The highest BCUT2D eigenvalue weighted by atomic mass is 32.1. The molecule has 4 nitrogen and oxygen atoms in total. The molecule has 0 aliphatic carbocycles. The molecule has 20 heavy (non-hydrogen) atoms. The molecule has 2 aromatic rings. The van der Waals surface area contributed by atoms with Gasteiger partial charge in [0.2, 0.25) is 0 Å². The van der Waals surface area contributed by atoms with E-state index < -0.39 is 0 Å². The Morgan fingerprint density at radius 3 is 2.65 bits per heavy atom. The van der Waals surface area contributed by atoms with Crippen LogP contribution in [0.15, 0.2) is 29.0 Å². The summed E-state index contributed by atoms with van der Waals surface area (Å²) in [5.41, 5.74) is 9.27. The minimum atomic E-state index is 0.587. The lowest BCUT2D eigenvalue weighted by Crippen LogP contribution is -2.19. The molecule has 0 atom stereocenters. The van der Waals surface area contributed by atoms with Crippen molar-refractivity contribution < 1.29 is 9.47 Å². The molecule has 0 spiro atoms. The Morgan fingerprint density at radius 1 is 1.20 bits per heavy atom. The summed E-state index contributed by atoms with van der Waals surface area (Å²) in [6, 6.07) is 6.00. The smallest absolute Gasteiger partial charge is 0.163 e. The van der Waals surface area contributed by atoms with Crippen LogP contribution in [0.2, 0.25) is 0 Å². The Bertz CT molecular complexity index is 584. The van der Waals surface area contributed by atoms with Gasteiger partial charge in [0.15, 0.2) is 11.5 Å². The first kappa shape index (κ1) is 13.3. The average molecular weight is 290 g/mol. The summed E-state index contributed by atoms with van der Waals surface area (Å²) >= 11 is 1.72. The molecule has 3 rings (SSSR count). The van der Waals surface area contributed by atoms with E-state index in [9.17, 15) is 0 Å². The van der Waals surface area contributed by atoms with Crippen LogP contribution in [0.5, 0.6) is 11.5 Å². The first-order valence-corrected chi connectivity index (χ1v) is 7.54. The largest absolute Gasteiger partial charge is 0.486 e. The molecule has 0 radical (unpaired) electrons. The Labute approximate surface area is 122 Å². The van der Waals surface area contributed by atoms with Crippen LogP contribution in [0.1, 0.15) is 11.1 Å². The molecule has 2 N–H and O–H groups in total. The number of nitrogens with two attached hydrogens (primary N) is 1. The molecule has 1 aromatic carbocycles. The quantitative estimate of drug-likeness (QED) is 0.880. The van der Waals surface area contributed by atoms with Crippen molar-refractivity contribution in [3.8, 4) is 11.5 Å². The number of ether oxygens (including phenoxy) is 2. The Hall–Kier alpha value is -1.72. The van der Waals surface area contributed by atoms with Gasteiger partial charge in [-0.3, -0.25) is 4.90 Å². The van der Waals surface area contributed by atoms with Crippen LogP contribution in [-0.2, 0) is 13.1 Å². The lowest BCUT2D eigenvalue weighted by Gasteiger charge is -2.22. The van der Waals surface area contributed by atoms with Crippen LogP contribution in [0, 0.1) is 0 Å². The summed E-state index contributed by atoms with van der Waals surface area (Å²) in [6.07, 6.45) is 0. The molecule has 5 heteroatoms. The number of anilines is 1. The van der Waals surface area contributed by atoms with Crippen molar-refractivity contribution in [2.75, 3.05) is 26.0 Å². The fourth-order valence-corrected chi connectivity index (χ4v) is 2.98. The van der Waals surface area contributed by atoms with E-state index >= 15 is 0 Å². The second-order valence-corrected chi connectivity index (χ2v) is 5.78. The highest BCUT2D eigenvalue weighted by Gasteiger charge is 2.15. The van der Waals surface area contributed by atoms with Crippen molar-refractivity contribution in [3.05, 3.63) is 40.1 Å². The first-order valence-electron chi connectivity index (χ1n) is 6.60. The van der Waals surface area contributed by atoms with Gasteiger partial charge in [-0.25, -0.2) is 0 Å². The number of hydrogen-bond acceptors (Lipinski definition) is 5. The summed E-state index contributed by atoms with van der Waals surface area (Å²) in [5.74, 6) is 1.54. The monoisotopic (exact) mass is 290 g/mol. The van der Waals surface area contributed by atoms with Gasteiger partial charge in [0, 0.05) is 24.8 Å². The number of nitrogen functional groups attached to an aromatic ring is 1. The maximum absolute atomic E-state index is 6.11. The summed E-state index contributed by atoms with van der Waals surface area (Å²) in [7, 11) is 2.09. The normalized spacial score (nSPS) is 13.7. The lowest BCUT2D eigenvalue weighted by molar-refractivity contribution is 0.171. The summed E-state index contributed by atoms with van der Waals surface area (Å²) < 4.78 is 11.1. The zero-order valence-corrected chi connectivity index (χ0v) is 12.3. The van der Waals surface area contributed by atoms with Crippen LogP contribution in [0.4, 0.5) is 5.69 Å². The van der Waals surface area contributed by atoms with Crippen LogP contribution in [-0.4, -0.2) is 25.2 Å². The van der Waals surface area contributed by atoms with E-state index in [0.717, 1.165) is 35.8 Å². The SMILES string of the molecule is CN(Cc1ccsc1)Cc1cc2c(cc1N)OCCO2. The van der Waals surface area contributed by atoms with Gasteiger partial charge in [0.25, 0.3) is 0 Å². The molecule has 0 amide bonds. The second kappa shape index (κ2) is 5.73. The van der Waals surface area contributed by atoms with Gasteiger partial charge in [-0.15, -0.1) is 0 Å². The predicted octanol–water partition coefficient (Wildman–Crippen LogP) is 2.73. The van der Waals surface area contributed by atoms with E-state index in [1.54, 1.807) is 11.3 Å². The standard InChI is InChI=1S/C15H18N2O2S/c1-17(8-11-2-5-20-10-11)9-12-6-14-15(7-13(12)16)19-4-3-18-14/h2,5-7,10H,3-4,8-9,16H2,1H3. The third-order valence-corrected chi connectivity index (χ3v) is 4.01. The predicted molar refractivity (Wildman–Crippen MR) is 81.3 cm³/mol. The van der Waals surface area contributed by atoms with E-state index in [1.165, 1.54) is 5.56 Å². The second-order valence-electron chi connectivity index (χ2n) is 5.00. The van der Waals surface area contributed by atoms with Crippen molar-refractivity contribution in [3.63, 3.8) is 0 Å². The number of fused-ring (bicyclic) bond motifs is 1. The van der Waals surface area contributed by atoms with Crippen LogP contribution in [0.25, 0.3) is 0 Å². The number of thiophene rings is 1. The van der Waals surface area contributed by atoms with Crippen molar-refractivity contribution in [1.29, 1.82) is 0 Å². The highest BCUT2D eigenvalue weighted by Crippen LogP contribution is 2.34. The highest BCUT2D eigenvalue weighted by molar-refractivity contribution is 7.07. The van der Waals surface area contributed by atoms with E-state index in [1.807, 2.05) is 12.1 Å². The maximum atomic E-state index is 6.11. The maximum Gasteiger partial charge on any atom is 0.163 e. The van der Waals surface area contributed by atoms with Gasteiger partial charge in [0.05, 0.1) is 0 Å². The molecule has 1 aliphatic rings. The van der Waals surface area contributed by atoms with Crippen LogP contribution >= 0.6 is 11.3 Å². The molecule has 0 saturated carbocycles. The van der Waals surface area contributed by atoms with E-state index in [4.69, 9.17) is 15.2 Å². The van der Waals surface area contributed by atoms with Gasteiger partial charge in [-0.2, -0.15) is 11.3 Å². The van der Waals surface area contributed by atoms with Gasteiger partial charge in [-0.05, 0) is 41.1 Å². The summed E-state index contributed by atoms with van der Waals surface area (Å²) in [4.78, 5) is 2.24. The first-order chi connectivity index (χ1) is 9.72. The van der Waals surface area contributed by atoms with E-state index in [2.05, 4.69) is 28.8 Å². The average Bonchev–Trinajstić information content (AvgIpc) is 2.92. The molecule has 0 bridgehead atoms. The molecular weight excluding hydrogens is 272 g/mol. The van der Waals surface area contributed by atoms with Crippen LogP contribution in [0.3, 0.4) is 0 Å². The molecule has 2 heterocycles. The fourth-order valence-electron chi connectivity index (χ4n) is 2.32. The molecule has 1 aliphatic heterocycles. The fraction of sp³-hybridized carbons (Fsp3) is 0.333. The number of benzene rings is 1. The van der Waals surface area contributed by atoms with Crippen molar-refractivity contribution in [1.82, 2.24) is 4.90 Å². The Balaban J connectivity index is 1.73. The third-order valence-electron chi connectivity index (χ3n) is 3.28. The van der Waals surface area contributed by atoms with Crippen molar-refractivity contribution >= 4 is 17.0 Å². The molecular formula is C15H18N2O2S. The minimum Gasteiger partial charge on any atom is -0.486 e. The summed E-state index contributed by atoms with van der Waals surface area (Å²) in [5, 5.41) is 4.27. The van der Waals surface area contributed by atoms with Gasteiger partial charge in [-0.1, -0.05) is 0 Å². The minimum absolute atomic E-state index is 0.587. The van der Waals surface area contributed by atoms with Gasteiger partial charge < -0.3 is 15.2 Å². The van der Waals surface area contributed by atoms with E-state index in [-0.39, 0.29) is 0 Å². The topological polar surface area (TPSA) is 47.7 Å². The molecule has 0 saturated heterocycles. The Kier molecular flexibility index (Phi) is 3.80. The zero-order chi connectivity index (χ0) is 13.9. The number of rotatable bonds is 4. The molecule has 0 fully saturated rings. The van der Waals surface area contributed by atoms with Gasteiger partial charge in [0.1, 0.15) is 13.2 Å². The zero-order valence-electron chi connectivity index (χ0n) is 11.5. The van der Waals surface area contributed by atoms with E-state index in [0.29, 0.717) is 13.2 Å². The number of nitrogens with zero attached hydrogens (tertiary/aromatic N) is 1. The molecule has 106 valence electrons. The van der Waals surface area contributed by atoms with Crippen LogP contribution < -0.4 is 15.2 Å². The Morgan fingerprint density at radius 2 is 1.95 bits per heavy atom. The lowest BCUT2D eigenvalue weighted by atomic mass is 10.1. The van der Waals surface area contributed by atoms with Gasteiger partial charge >= 0.3 is 0 Å². The third kappa shape index (κ3) is 2.89. The number of hydrogen-bond donors (Lipinski definition) is 1. The van der Waals surface area contributed by atoms with Crippen molar-refractivity contribution in [2.45, 2.75) is 13.1 Å².